The van der Waals surface area contributed by atoms with E-state index in [1.807, 2.05) is 11.8 Å². The fourth-order valence-electron chi connectivity index (χ4n) is 1.92. The quantitative estimate of drug-likeness (QED) is 0.804. The van der Waals surface area contributed by atoms with Crippen LogP contribution in [0.1, 0.15) is 12.5 Å². The third kappa shape index (κ3) is 1.87. The number of aliphatic hydroxyl groups is 1. The van der Waals surface area contributed by atoms with E-state index in [4.69, 9.17) is 0 Å². The van der Waals surface area contributed by atoms with Crippen LogP contribution in [-0.2, 0) is 5.60 Å². The van der Waals surface area contributed by atoms with Gasteiger partial charge in [-0.05, 0) is 24.2 Å². The number of benzene rings is 1. The van der Waals surface area contributed by atoms with Crippen molar-refractivity contribution in [2.45, 2.75) is 12.5 Å². The predicted molar refractivity (Wildman–Crippen MR) is 52.4 cm³/mol. The van der Waals surface area contributed by atoms with E-state index >= 15 is 0 Å². The summed E-state index contributed by atoms with van der Waals surface area (Å²) in [6, 6.07) is 3.19. The lowest BCUT2D eigenvalue weighted by atomic mass is 9.86. The molecule has 1 aromatic rings. The van der Waals surface area contributed by atoms with Crippen molar-refractivity contribution in [3.63, 3.8) is 0 Å². The number of hydrogen-bond donors (Lipinski definition) is 1. The van der Waals surface area contributed by atoms with Crippen molar-refractivity contribution >= 4 is 0 Å². The van der Waals surface area contributed by atoms with Gasteiger partial charge in [0.1, 0.15) is 17.2 Å². The maximum absolute atomic E-state index is 12.9. The van der Waals surface area contributed by atoms with Gasteiger partial charge in [-0.1, -0.05) is 6.92 Å². The van der Waals surface area contributed by atoms with Crippen LogP contribution < -0.4 is 0 Å². The molecule has 0 spiro atoms. The molecule has 2 nitrogen and oxygen atoms in total. The molecule has 4 heteroatoms. The zero-order chi connectivity index (χ0) is 11.1. The van der Waals surface area contributed by atoms with Crippen LogP contribution in [0.25, 0.3) is 0 Å². The molecule has 0 unspecified atom stereocenters. The Labute approximate surface area is 87.1 Å². The van der Waals surface area contributed by atoms with Gasteiger partial charge < -0.3 is 5.11 Å². The monoisotopic (exact) mass is 213 g/mol. The van der Waals surface area contributed by atoms with Crippen molar-refractivity contribution in [2.24, 2.45) is 0 Å². The molecule has 1 aromatic carbocycles. The minimum absolute atomic E-state index is 0.324. The molecule has 0 aliphatic carbocycles. The SMILES string of the molecule is CCN1CC(O)(c2cc(F)cc(F)c2)C1. The molecule has 82 valence electrons. The Hall–Kier alpha value is -1.00. The van der Waals surface area contributed by atoms with E-state index in [2.05, 4.69) is 0 Å². The number of likely N-dealkylation sites (N-methyl/N-ethyl adjacent to an activating group) is 1. The molecule has 1 aliphatic heterocycles. The Bertz CT molecular complexity index is 355. The summed E-state index contributed by atoms with van der Waals surface area (Å²) in [6.07, 6.45) is 0. The van der Waals surface area contributed by atoms with Crippen LogP contribution in [0.4, 0.5) is 8.78 Å². The van der Waals surface area contributed by atoms with Crippen molar-refractivity contribution in [3.05, 3.63) is 35.4 Å². The second-order valence-corrected chi connectivity index (χ2v) is 3.99. The number of halogens is 2. The molecule has 1 N–H and O–H groups in total. The molecule has 0 amide bonds. The van der Waals surface area contributed by atoms with Crippen LogP contribution >= 0.6 is 0 Å². The molecule has 15 heavy (non-hydrogen) atoms. The summed E-state index contributed by atoms with van der Waals surface area (Å²) in [5.41, 5.74) is -0.761. The third-order valence-electron chi connectivity index (χ3n) is 2.82. The maximum Gasteiger partial charge on any atom is 0.126 e. The molecule has 2 rings (SSSR count). The first-order valence-electron chi connectivity index (χ1n) is 4.95. The molecule has 0 saturated carbocycles. The van der Waals surface area contributed by atoms with E-state index in [1.54, 1.807) is 0 Å². The number of nitrogens with zero attached hydrogens (tertiary/aromatic N) is 1. The minimum atomic E-state index is -1.08. The first kappa shape index (κ1) is 10.5. The summed E-state index contributed by atoms with van der Waals surface area (Å²) in [5, 5.41) is 10.1. The van der Waals surface area contributed by atoms with E-state index < -0.39 is 17.2 Å². The molecule has 0 bridgehead atoms. The van der Waals surface area contributed by atoms with Crippen LogP contribution in [0.3, 0.4) is 0 Å². The highest BCUT2D eigenvalue weighted by molar-refractivity contribution is 5.27. The highest BCUT2D eigenvalue weighted by Crippen LogP contribution is 2.32. The van der Waals surface area contributed by atoms with E-state index in [0.29, 0.717) is 18.7 Å². The summed E-state index contributed by atoms with van der Waals surface area (Å²) in [5.74, 6) is -1.29. The lowest BCUT2D eigenvalue weighted by Crippen LogP contribution is -2.59. The molecule has 0 atom stereocenters. The Morgan fingerprint density at radius 1 is 1.27 bits per heavy atom. The minimum Gasteiger partial charge on any atom is -0.382 e. The highest BCUT2D eigenvalue weighted by atomic mass is 19.1. The zero-order valence-corrected chi connectivity index (χ0v) is 8.50. The Balaban J connectivity index is 2.23. The van der Waals surface area contributed by atoms with Crippen molar-refractivity contribution in [3.8, 4) is 0 Å². The van der Waals surface area contributed by atoms with Crippen LogP contribution in [0.15, 0.2) is 18.2 Å². The first-order chi connectivity index (χ1) is 7.03. The van der Waals surface area contributed by atoms with Gasteiger partial charge >= 0.3 is 0 Å². The van der Waals surface area contributed by atoms with E-state index in [1.165, 1.54) is 12.1 Å². The van der Waals surface area contributed by atoms with E-state index in [-0.39, 0.29) is 0 Å². The van der Waals surface area contributed by atoms with Gasteiger partial charge in [0, 0.05) is 19.2 Å². The van der Waals surface area contributed by atoms with Crippen molar-refractivity contribution in [1.82, 2.24) is 4.90 Å². The summed E-state index contributed by atoms with van der Waals surface area (Å²) in [7, 11) is 0. The lowest BCUT2D eigenvalue weighted by Gasteiger charge is -2.46. The van der Waals surface area contributed by atoms with E-state index in [9.17, 15) is 13.9 Å². The molecule has 0 radical (unpaired) electrons. The average molecular weight is 213 g/mol. The smallest absolute Gasteiger partial charge is 0.126 e. The first-order valence-corrected chi connectivity index (χ1v) is 4.95. The van der Waals surface area contributed by atoms with Crippen molar-refractivity contribution in [1.29, 1.82) is 0 Å². The second-order valence-electron chi connectivity index (χ2n) is 3.99. The van der Waals surface area contributed by atoms with Gasteiger partial charge in [-0.25, -0.2) is 8.78 Å². The zero-order valence-electron chi connectivity index (χ0n) is 8.50. The summed E-state index contributed by atoms with van der Waals surface area (Å²) in [6.45, 7) is 3.69. The van der Waals surface area contributed by atoms with Gasteiger partial charge in [0.05, 0.1) is 0 Å². The largest absolute Gasteiger partial charge is 0.382 e. The van der Waals surface area contributed by atoms with Crippen molar-refractivity contribution < 1.29 is 13.9 Å². The van der Waals surface area contributed by atoms with Crippen LogP contribution in [-0.4, -0.2) is 29.6 Å². The summed E-state index contributed by atoms with van der Waals surface area (Å²) >= 11 is 0. The predicted octanol–water partition coefficient (Wildman–Crippen LogP) is 1.49. The maximum atomic E-state index is 12.9. The fourth-order valence-corrected chi connectivity index (χ4v) is 1.92. The molecular formula is C11H13F2NO. The Morgan fingerprint density at radius 3 is 2.27 bits per heavy atom. The fraction of sp³-hybridized carbons (Fsp3) is 0.455. The molecular weight excluding hydrogens is 200 g/mol. The Morgan fingerprint density at radius 2 is 1.80 bits per heavy atom. The van der Waals surface area contributed by atoms with Gasteiger partial charge in [0.25, 0.3) is 0 Å². The van der Waals surface area contributed by atoms with Gasteiger partial charge in [-0.2, -0.15) is 0 Å². The summed E-state index contributed by atoms with van der Waals surface area (Å²) in [4.78, 5) is 2.00. The van der Waals surface area contributed by atoms with Crippen LogP contribution in [0.2, 0.25) is 0 Å². The summed E-state index contributed by atoms with van der Waals surface area (Å²) < 4.78 is 25.9. The van der Waals surface area contributed by atoms with Gasteiger partial charge in [0.2, 0.25) is 0 Å². The lowest BCUT2D eigenvalue weighted by molar-refractivity contribution is -0.102. The number of hydrogen-bond acceptors (Lipinski definition) is 2. The second kappa shape index (κ2) is 3.54. The number of likely N-dealkylation sites (tertiary alicyclic amines) is 1. The average Bonchev–Trinajstić information content (AvgIpc) is 2.11. The molecule has 1 aliphatic rings. The number of rotatable bonds is 2. The standard InChI is InChI=1S/C11H13F2NO/c1-2-14-6-11(15,7-14)8-3-9(12)5-10(13)4-8/h3-5,15H,2,6-7H2,1H3. The molecule has 0 aromatic heterocycles. The van der Waals surface area contributed by atoms with Crippen molar-refractivity contribution in [2.75, 3.05) is 19.6 Å². The molecule has 1 saturated heterocycles. The Kier molecular flexibility index (Phi) is 2.48. The number of β-amino-alcohol motifs (C(OH)–C–C–N with tert-alkyl or cyclic N) is 1. The van der Waals surface area contributed by atoms with Crippen LogP contribution in [0.5, 0.6) is 0 Å². The topological polar surface area (TPSA) is 23.5 Å². The molecule has 1 fully saturated rings. The van der Waals surface area contributed by atoms with E-state index in [0.717, 1.165) is 12.6 Å². The van der Waals surface area contributed by atoms with Gasteiger partial charge in [-0.15, -0.1) is 0 Å². The van der Waals surface area contributed by atoms with Crippen LogP contribution in [0, 0.1) is 11.6 Å². The third-order valence-corrected chi connectivity index (χ3v) is 2.82. The van der Waals surface area contributed by atoms with Gasteiger partial charge in [-0.3, -0.25) is 4.90 Å². The normalized spacial score (nSPS) is 20.0. The van der Waals surface area contributed by atoms with Gasteiger partial charge in [0.15, 0.2) is 0 Å². The highest BCUT2D eigenvalue weighted by Gasteiger charge is 2.42. The molecule has 1 heterocycles.